The maximum absolute atomic E-state index is 12.9. The molecule has 5 nitrogen and oxygen atoms in total. The number of rotatable bonds is 6. The van der Waals surface area contributed by atoms with E-state index in [2.05, 4.69) is 31.8 Å². The predicted octanol–water partition coefficient (Wildman–Crippen LogP) is 2.78. The summed E-state index contributed by atoms with van der Waals surface area (Å²) < 4.78 is 1.96. The first kappa shape index (κ1) is 18.6. The van der Waals surface area contributed by atoms with Crippen LogP contribution in [0.4, 0.5) is 0 Å². The molecule has 0 bridgehead atoms. The van der Waals surface area contributed by atoms with Crippen LogP contribution in [-0.2, 0) is 19.9 Å². The van der Waals surface area contributed by atoms with Gasteiger partial charge in [-0.2, -0.15) is 0 Å². The Morgan fingerprint density at radius 3 is 2.73 bits per heavy atom. The summed E-state index contributed by atoms with van der Waals surface area (Å²) >= 11 is 0. The topological polar surface area (TPSA) is 64.2 Å². The molecule has 0 radical (unpaired) electrons. The van der Waals surface area contributed by atoms with Crippen molar-refractivity contribution in [2.24, 2.45) is 12.8 Å². The molecule has 1 amide bonds. The van der Waals surface area contributed by atoms with Crippen molar-refractivity contribution in [1.82, 2.24) is 14.5 Å². The zero-order chi connectivity index (χ0) is 18.9. The van der Waals surface area contributed by atoms with Crippen LogP contribution in [0.3, 0.4) is 0 Å². The van der Waals surface area contributed by atoms with Crippen LogP contribution < -0.4 is 5.73 Å². The van der Waals surface area contributed by atoms with Crippen molar-refractivity contribution in [3.8, 4) is 0 Å². The molecule has 1 aliphatic rings. The number of benzene rings is 1. The number of nitrogens with zero attached hydrogens (tertiary/aromatic N) is 3. The average Bonchev–Trinajstić information content (AvgIpc) is 3.01. The molecule has 1 aliphatic heterocycles. The molecule has 1 unspecified atom stereocenters. The third kappa shape index (κ3) is 3.98. The van der Waals surface area contributed by atoms with E-state index in [-0.39, 0.29) is 11.4 Å². The third-order valence-corrected chi connectivity index (χ3v) is 5.68. The highest BCUT2D eigenvalue weighted by Crippen LogP contribution is 2.25. The maximum atomic E-state index is 12.9. The first-order chi connectivity index (χ1) is 12.3. The van der Waals surface area contributed by atoms with Gasteiger partial charge < -0.3 is 15.2 Å². The van der Waals surface area contributed by atoms with Crippen molar-refractivity contribution in [3.63, 3.8) is 0 Å². The van der Waals surface area contributed by atoms with Crippen LogP contribution in [0.2, 0.25) is 0 Å². The fourth-order valence-corrected chi connectivity index (χ4v) is 3.65. The first-order valence-corrected chi connectivity index (χ1v) is 9.41. The quantitative estimate of drug-likeness (QED) is 0.867. The molecule has 1 aromatic heterocycles. The molecule has 2 heterocycles. The smallest absolute Gasteiger partial charge is 0.254 e. The van der Waals surface area contributed by atoms with Crippen LogP contribution in [0.15, 0.2) is 24.7 Å². The van der Waals surface area contributed by atoms with Crippen LogP contribution in [0, 0.1) is 13.8 Å². The van der Waals surface area contributed by atoms with Gasteiger partial charge in [-0.1, -0.05) is 6.07 Å². The van der Waals surface area contributed by atoms with E-state index < -0.39 is 0 Å². The molecule has 2 aromatic rings. The zero-order valence-corrected chi connectivity index (χ0v) is 16.4. The van der Waals surface area contributed by atoms with E-state index in [0.717, 1.165) is 43.5 Å². The Kier molecular flexibility index (Phi) is 5.19. The standard InChI is InChI=1S/C21H30N4O/c1-15-5-6-19-18(16(15)2)8-11-25(20(19)26)12-10-21(3,22)9-7-17-13-24(4)14-23-17/h5-6,13-14H,7-12,22H2,1-4H3. The minimum absolute atomic E-state index is 0.148. The van der Waals surface area contributed by atoms with E-state index in [4.69, 9.17) is 5.73 Å². The van der Waals surface area contributed by atoms with Gasteiger partial charge >= 0.3 is 0 Å². The van der Waals surface area contributed by atoms with Gasteiger partial charge in [0.2, 0.25) is 0 Å². The summed E-state index contributed by atoms with van der Waals surface area (Å²) in [6, 6.07) is 4.03. The van der Waals surface area contributed by atoms with Gasteiger partial charge in [-0.05, 0) is 69.2 Å². The lowest BCUT2D eigenvalue weighted by Gasteiger charge is -2.33. The Bertz CT molecular complexity index is 806. The summed E-state index contributed by atoms with van der Waals surface area (Å²) in [6.45, 7) is 7.79. The first-order valence-electron chi connectivity index (χ1n) is 9.41. The fourth-order valence-electron chi connectivity index (χ4n) is 3.65. The van der Waals surface area contributed by atoms with Gasteiger partial charge in [0.1, 0.15) is 0 Å². The van der Waals surface area contributed by atoms with Crippen molar-refractivity contribution in [2.75, 3.05) is 13.1 Å². The second-order valence-corrected chi connectivity index (χ2v) is 8.01. The fraction of sp³-hybridized carbons (Fsp3) is 0.524. The monoisotopic (exact) mass is 354 g/mol. The number of aromatic nitrogens is 2. The average molecular weight is 354 g/mol. The second kappa shape index (κ2) is 7.23. The number of imidazole rings is 1. The van der Waals surface area contributed by atoms with E-state index >= 15 is 0 Å². The predicted molar refractivity (Wildman–Crippen MR) is 104 cm³/mol. The molecule has 0 saturated heterocycles. The molecule has 2 N–H and O–H groups in total. The summed E-state index contributed by atoms with van der Waals surface area (Å²) in [7, 11) is 1.97. The Balaban J connectivity index is 1.59. The third-order valence-electron chi connectivity index (χ3n) is 5.68. The van der Waals surface area contributed by atoms with Crippen molar-refractivity contribution in [1.29, 1.82) is 0 Å². The molecule has 140 valence electrons. The van der Waals surface area contributed by atoms with Gasteiger partial charge in [-0.3, -0.25) is 4.79 Å². The lowest BCUT2D eigenvalue weighted by Crippen LogP contribution is -2.44. The second-order valence-electron chi connectivity index (χ2n) is 8.01. The van der Waals surface area contributed by atoms with E-state index in [9.17, 15) is 4.79 Å². The number of hydrogen-bond donors (Lipinski definition) is 1. The SMILES string of the molecule is Cc1ccc2c(c1C)CCN(CCC(C)(N)CCc1cn(C)cn1)C2=O. The molecule has 0 aliphatic carbocycles. The molecule has 0 fully saturated rings. The molecule has 0 saturated carbocycles. The number of fused-ring (bicyclic) bond motifs is 1. The number of amides is 1. The van der Waals surface area contributed by atoms with Gasteiger partial charge in [0.05, 0.1) is 12.0 Å². The number of nitrogens with two attached hydrogens (primary N) is 1. The van der Waals surface area contributed by atoms with Crippen LogP contribution in [-0.4, -0.2) is 39.0 Å². The van der Waals surface area contributed by atoms with Crippen LogP contribution in [0.1, 0.15) is 52.5 Å². The van der Waals surface area contributed by atoms with Crippen molar-refractivity contribution in [2.45, 2.75) is 52.0 Å². The minimum Gasteiger partial charge on any atom is -0.340 e. The van der Waals surface area contributed by atoms with Crippen LogP contribution in [0.5, 0.6) is 0 Å². The largest absolute Gasteiger partial charge is 0.340 e. The molecule has 26 heavy (non-hydrogen) atoms. The molecule has 5 heteroatoms. The zero-order valence-electron chi connectivity index (χ0n) is 16.4. The molecule has 0 spiro atoms. The van der Waals surface area contributed by atoms with Gasteiger partial charge in [0, 0.05) is 37.4 Å². The van der Waals surface area contributed by atoms with Crippen molar-refractivity contribution in [3.05, 3.63) is 52.6 Å². The summed E-state index contributed by atoms with van der Waals surface area (Å²) in [5, 5.41) is 0. The number of carbonyl (C=O) groups excluding carboxylic acids is 1. The Labute approximate surface area is 156 Å². The number of hydrogen-bond acceptors (Lipinski definition) is 3. The van der Waals surface area contributed by atoms with E-state index in [1.807, 2.05) is 35.1 Å². The van der Waals surface area contributed by atoms with Gasteiger partial charge in [0.15, 0.2) is 0 Å². The highest BCUT2D eigenvalue weighted by atomic mass is 16.2. The van der Waals surface area contributed by atoms with Crippen molar-refractivity contribution < 1.29 is 4.79 Å². The summed E-state index contributed by atoms with van der Waals surface area (Å²) in [5.74, 6) is 0.148. The normalized spacial score (nSPS) is 16.5. The lowest BCUT2D eigenvalue weighted by molar-refractivity contribution is 0.0726. The highest BCUT2D eigenvalue weighted by Gasteiger charge is 2.28. The van der Waals surface area contributed by atoms with Crippen LogP contribution >= 0.6 is 0 Å². The molecule has 1 atom stereocenters. The Morgan fingerprint density at radius 2 is 2.04 bits per heavy atom. The minimum atomic E-state index is -0.304. The molecule has 3 rings (SSSR count). The molecule has 1 aromatic carbocycles. The highest BCUT2D eigenvalue weighted by molar-refractivity contribution is 5.97. The van der Waals surface area contributed by atoms with Crippen LogP contribution in [0.25, 0.3) is 0 Å². The summed E-state index contributed by atoms with van der Waals surface area (Å²) in [4.78, 5) is 19.2. The van der Waals surface area contributed by atoms with Gasteiger partial charge in [-0.15, -0.1) is 0 Å². The number of carbonyl (C=O) groups is 1. The van der Waals surface area contributed by atoms with Crippen molar-refractivity contribution >= 4 is 5.91 Å². The van der Waals surface area contributed by atoms with E-state index in [0.29, 0.717) is 6.54 Å². The van der Waals surface area contributed by atoms with Gasteiger partial charge in [-0.25, -0.2) is 4.98 Å². The number of aryl methyl sites for hydroxylation is 3. The molecular formula is C21H30N4O. The van der Waals surface area contributed by atoms with E-state index in [1.165, 1.54) is 16.7 Å². The Hall–Kier alpha value is -2.14. The summed E-state index contributed by atoms with van der Waals surface area (Å²) in [6.07, 6.45) is 7.31. The van der Waals surface area contributed by atoms with E-state index in [1.54, 1.807) is 0 Å². The maximum Gasteiger partial charge on any atom is 0.254 e. The molecular weight excluding hydrogens is 324 g/mol. The Morgan fingerprint density at radius 1 is 1.27 bits per heavy atom. The lowest BCUT2D eigenvalue weighted by atomic mass is 9.89. The van der Waals surface area contributed by atoms with Gasteiger partial charge in [0.25, 0.3) is 5.91 Å². The summed E-state index contributed by atoms with van der Waals surface area (Å²) in [5.41, 5.74) is 11.9.